The summed E-state index contributed by atoms with van der Waals surface area (Å²) in [4.78, 5) is 3.93. The number of hydrogen-bond donors (Lipinski definition) is 1. The second kappa shape index (κ2) is 6.85. The Morgan fingerprint density at radius 3 is 2.90 bits per heavy atom. The van der Waals surface area contributed by atoms with Gasteiger partial charge in [0.1, 0.15) is 0 Å². The Kier molecular flexibility index (Phi) is 4.89. The third-order valence-corrected chi connectivity index (χ3v) is 5.43. The van der Waals surface area contributed by atoms with Crippen LogP contribution >= 0.6 is 27.3 Å². The topological polar surface area (TPSA) is 15.3 Å². The quantitative estimate of drug-likeness (QED) is 0.827. The van der Waals surface area contributed by atoms with E-state index in [1.54, 1.807) is 11.3 Å². The molecule has 0 amide bonds. The zero-order valence-electron chi connectivity index (χ0n) is 11.4. The highest BCUT2D eigenvalue weighted by Crippen LogP contribution is 2.19. The number of halogens is 1. The van der Waals surface area contributed by atoms with Gasteiger partial charge in [-0.1, -0.05) is 24.3 Å². The number of rotatable bonds is 5. The second-order valence-corrected chi connectivity index (χ2v) is 7.11. The van der Waals surface area contributed by atoms with E-state index in [4.69, 9.17) is 0 Å². The summed E-state index contributed by atoms with van der Waals surface area (Å²) < 4.78 is 1.19. The summed E-state index contributed by atoms with van der Waals surface area (Å²) in [5, 5.41) is 5.67. The van der Waals surface area contributed by atoms with Crippen LogP contribution in [0.25, 0.3) is 0 Å². The van der Waals surface area contributed by atoms with Crippen molar-refractivity contribution in [1.29, 1.82) is 0 Å². The number of thiophene rings is 1. The molecular weight excluding hydrogens is 332 g/mol. The molecule has 1 aromatic carbocycles. The molecule has 1 N–H and O–H groups in total. The Bertz CT molecular complexity index is 567. The number of nitrogens with zero attached hydrogens (tertiary/aromatic N) is 1. The third kappa shape index (κ3) is 3.70. The lowest BCUT2D eigenvalue weighted by atomic mass is 10.00. The average molecular weight is 351 g/mol. The molecule has 1 aliphatic rings. The molecule has 20 heavy (non-hydrogen) atoms. The summed E-state index contributed by atoms with van der Waals surface area (Å²) >= 11 is 5.30. The van der Waals surface area contributed by atoms with Gasteiger partial charge in [0.05, 0.1) is 0 Å². The van der Waals surface area contributed by atoms with Gasteiger partial charge in [0, 0.05) is 47.5 Å². The first-order valence-corrected chi connectivity index (χ1v) is 8.71. The highest BCUT2D eigenvalue weighted by molar-refractivity contribution is 9.10. The van der Waals surface area contributed by atoms with Crippen LogP contribution in [0.1, 0.15) is 16.0 Å². The molecule has 2 nitrogen and oxygen atoms in total. The molecule has 2 aromatic rings. The molecule has 0 spiro atoms. The fourth-order valence-corrected chi connectivity index (χ4v) is 4.06. The highest BCUT2D eigenvalue weighted by Gasteiger charge is 2.14. The number of hydrogen-bond acceptors (Lipinski definition) is 3. The highest BCUT2D eigenvalue weighted by atomic mass is 79.9. The molecule has 1 aliphatic heterocycles. The Morgan fingerprint density at radius 2 is 2.10 bits per heavy atom. The van der Waals surface area contributed by atoms with Gasteiger partial charge in [-0.25, -0.2) is 0 Å². The summed E-state index contributed by atoms with van der Waals surface area (Å²) in [5.41, 5.74) is 3.03. The Labute approximate surface area is 132 Å². The maximum absolute atomic E-state index is 3.53. The van der Waals surface area contributed by atoms with Gasteiger partial charge < -0.3 is 5.32 Å². The van der Waals surface area contributed by atoms with Crippen molar-refractivity contribution in [2.45, 2.75) is 19.5 Å². The first-order chi connectivity index (χ1) is 9.81. The summed E-state index contributed by atoms with van der Waals surface area (Å²) in [7, 11) is 0. The number of nitrogens with one attached hydrogen (secondary N) is 1. The zero-order valence-corrected chi connectivity index (χ0v) is 13.8. The lowest BCUT2D eigenvalue weighted by molar-refractivity contribution is 0.254. The Morgan fingerprint density at radius 1 is 1.25 bits per heavy atom. The molecule has 0 atom stereocenters. The van der Waals surface area contributed by atoms with E-state index in [2.05, 4.69) is 61.9 Å². The monoisotopic (exact) mass is 350 g/mol. The van der Waals surface area contributed by atoms with Crippen LogP contribution in [0.3, 0.4) is 0 Å². The van der Waals surface area contributed by atoms with Gasteiger partial charge in [0.15, 0.2) is 0 Å². The minimum atomic E-state index is 0.973. The molecule has 0 aliphatic carbocycles. The molecule has 0 radical (unpaired) electrons. The summed E-state index contributed by atoms with van der Waals surface area (Å²) in [6.07, 6.45) is 1.19. The summed E-state index contributed by atoms with van der Waals surface area (Å²) in [6.45, 7) is 5.44. The van der Waals surface area contributed by atoms with E-state index in [0.29, 0.717) is 0 Å². The molecular formula is C16H19BrN2S. The number of fused-ring (bicyclic) bond motifs is 1. The van der Waals surface area contributed by atoms with Gasteiger partial charge in [-0.15, -0.1) is 11.3 Å². The van der Waals surface area contributed by atoms with Crippen LogP contribution in [-0.2, 0) is 19.5 Å². The van der Waals surface area contributed by atoms with E-state index < -0.39 is 0 Å². The van der Waals surface area contributed by atoms with Gasteiger partial charge >= 0.3 is 0 Å². The largest absolute Gasteiger partial charge is 0.311 e. The molecule has 0 bridgehead atoms. The van der Waals surface area contributed by atoms with Crippen molar-refractivity contribution >= 4 is 27.3 Å². The molecule has 4 heteroatoms. The van der Waals surface area contributed by atoms with Crippen LogP contribution < -0.4 is 5.32 Å². The average Bonchev–Trinajstić information content (AvgIpc) is 2.89. The summed E-state index contributed by atoms with van der Waals surface area (Å²) in [6, 6.07) is 11.0. The summed E-state index contributed by atoms with van der Waals surface area (Å²) in [5.74, 6) is 0. The minimum Gasteiger partial charge on any atom is -0.311 e. The van der Waals surface area contributed by atoms with Crippen molar-refractivity contribution in [1.82, 2.24) is 10.2 Å². The van der Waals surface area contributed by atoms with Crippen molar-refractivity contribution in [2.75, 3.05) is 19.6 Å². The SMILES string of the molecule is Brc1csc(CNCCN2CCc3ccccc3C2)c1. The fourth-order valence-electron chi connectivity index (χ4n) is 2.64. The van der Waals surface area contributed by atoms with Crippen LogP contribution in [0.5, 0.6) is 0 Å². The molecule has 0 saturated heterocycles. The third-order valence-electron chi connectivity index (χ3n) is 3.74. The van der Waals surface area contributed by atoms with Crippen molar-refractivity contribution in [3.8, 4) is 0 Å². The van der Waals surface area contributed by atoms with E-state index in [1.807, 2.05) is 0 Å². The predicted molar refractivity (Wildman–Crippen MR) is 89.1 cm³/mol. The maximum Gasteiger partial charge on any atom is 0.0300 e. The van der Waals surface area contributed by atoms with Gasteiger partial charge in [0.2, 0.25) is 0 Å². The molecule has 1 aromatic heterocycles. The van der Waals surface area contributed by atoms with Gasteiger partial charge in [0.25, 0.3) is 0 Å². The van der Waals surface area contributed by atoms with E-state index in [9.17, 15) is 0 Å². The Hall–Kier alpha value is -0.680. The normalized spacial score (nSPS) is 15.2. The van der Waals surface area contributed by atoms with Crippen LogP contribution in [0.2, 0.25) is 0 Å². The van der Waals surface area contributed by atoms with E-state index in [1.165, 1.54) is 33.4 Å². The lowest BCUT2D eigenvalue weighted by Gasteiger charge is -2.28. The standard InChI is InChI=1S/C16H19BrN2S/c17-15-9-16(20-12-15)10-18-6-8-19-7-5-13-3-1-2-4-14(13)11-19/h1-4,9,12,18H,5-8,10-11H2. The maximum atomic E-state index is 3.53. The van der Waals surface area contributed by atoms with Crippen molar-refractivity contribution in [3.63, 3.8) is 0 Å². The van der Waals surface area contributed by atoms with Gasteiger partial charge in [-0.3, -0.25) is 4.90 Å². The second-order valence-electron chi connectivity index (χ2n) is 5.20. The van der Waals surface area contributed by atoms with E-state index >= 15 is 0 Å². The lowest BCUT2D eigenvalue weighted by Crippen LogP contribution is -2.35. The van der Waals surface area contributed by atoms with Crippen LogP contribution in [0.4, 0.5) is 0 Å². The minimum absolute atomic E-state index is 0.973. The molecule has 106 valence electrons. The smallest absolute Gasteiger partial charge is 0.0300 e. The van der Waals surface area contributed by atoms with E-state index in [0.717, 1.165) is 26.2 Å². The first-order valence-electron chi connectivity index (χ1n) is 7.04. The predicted octanol–water partition coefficient (Wildman–Crippen LogP) is 3.66. The van der Waals surface area contributed by atoms with Crippen LogP contribution in [0, 0.1) is 0 Å². The number of benzene rings is 1. The zero-order chi connectivity index (χ0) is 13.8. The Balaban J connectivity index is 1.42. The van der Waals surface area contributed by atoms with E-state index in [-0.39, 0.29) is 0 Å². The van der Waals surface area contributed by atoms with Crippen molar-refractivity contribution < 1.29 is 0 Å². The van der Waals surface area contributed by atoms with Crippen molar-refractivity contribution in [2.24, 2.45) is 0 Å². The van der Waals surface area contributed by atoms with Gasteiger partial charge in [-0.05, 0) is 39.5 Å². The molecule has 0 fully saturated rings. The molecule has 2 heterocycles. The van der Waals surface area contributed by atoms with Crippen molar-refractivity contribution in [3.05, 3.63) is 56.2 Å². The molecule has 0 unspecified atom stereocenters. The molecule has 3 rings (SSSR count). The van der Waals surface area contributed by atoms with Gasteiger partial charge in [-0.2, -0.15) is 0 Å². The molecule has 0 saturated carbocycles. The van der Waals surface area contributed by atoms with Crippen LogP contribution in [-0.4, -0.2) is 24.5 Å². The first kappa shape index (κ1) is 14.3. The van der Waals surface area contributed by atoms with Crippen LogP contribution in [0.15, 0.2) is 40.2 Å². The fraction of sp³-hybridized carbons (Fsp3) is 0.375.